The van der Waals surface area contributed by atoms with Crippen molar-refractivity contribution in [2.24, 2.45) is 5.73 Å². The molecule has 3 rings (SSSR count). The van der Waals surface area contributed by atoms with Gasteiger partial charge in [0, 0.05) is 25.9 Å². The number of nitrogens with zero attached hydrogens (tertiary/aromatic N) is 1. The average Bonchev–Trinajstić information content (AvgIpc) is 2.63. The molecule has 0 saturated carbocycles. The summed E-state index contributed by atoms with van der Waals surface area (Å²) in [5.41, 5.74) is 7.21. The van der Waals surface area contributed by atoms with Crippen molar-refractivity contribution in [1.29, 1.82) is 0 Å². The Hall–Kier alpha value is -2.33. The molecule has 1 heterocycles. The quantitative estimate of drug-likeness (QED) is 0.920. The third-order valence-electron chi connectivity index (χ3n) is 4.42. The minimum Gasteiger partial charge on any atom is -0.490 e. The van der Waals surface area contributed by atoms with Gasteiger partial charge in [0.1, 0.15) is 11.9 Å². The SMILES string of the molecule is N[C@@H](Cc1ccccc1)C(=O)N1CCC(Oc2ccccc2)CC1. The third-order valence-corrected chi connectivity index (χ3v) is 4.42. The van der Waals surface area contributed by atoms with Gasteiger partial charge < -0.3 is 15.4 Å². The monoisotopic (exact) mass is 324 g/mol. The van der Waals surface area contributed by atoms with Gasteiger partial charge in [-0.05, 0) is 24.1 Å². The van der Waals surface area contributed by atoms with Crippen molar-refractivity contribution in [1.82, 2.24) is 4.90 Å². The lowest BCUT2D eigenvalue weighted by atomic mass is 10.0. The second-order valence-electron chi connectivity index (χ2n) is 6.25. The molecule has 0 spiro atoms. The molecule has 1 fully saturated rings. The number of benzene rings is 2. The maximum Gasteiger partial charge on any atom is 0.239 e. The van der Waals surface area contributed by atoms with Gasteiger partial charge in [-0.25, -0.2) is 0 Å². The number of carbonyl (C=O) groups excluding carboxylic acids is 1. The normalized spacial score (nSPS) is 16.6. The average molecular weight is 324 g/mol. The van der Waals surface area contributed by atoms with Crippen LogP contribution < -0.4 is 10.5 Å². The van der Waals surface area contributed by atoms with E-state index in [2.05, 4.69) is 0 Å². The predicted octanol–water partition coefficient (Wildman–Crippen LogP) is 2.63. The van der Waals surface area contributed by atoms with E-state index in [4.69, 9.17) is 10.5 Å². The molecule has 2 N–H and O–H groups in total. The van der Waals surface area contributed by atoms with Crippen LogP contribution in [0.5, 0.6) is 5.75 Å². The van der Waals surface area contributed by atoms with E-state index in [-0.39, 0.29) is 12.0 Å². The number of amides is 1. The molecule has 0 unspecified atom stereocenters. The highest BCUT2D eigenvalue weighted by molar-refractivity contribution is 5.82. The lowest BCUT2D eigenvalue weighted by Gasteiger charge is -2.33. The molecule has 126 valence electrons. The number of hydrogen-bond acceptors (Lipinski definition) is 3. The fourth-order valence-corrected chi connectivity index (χ4v) is 3.08. The number of ether oxygens (including phenoxy) is 1. The first-order chi connectivity index (χ1) is 11.7. The van der Waals surface area contributed by atoms with Crippen molar-refractivity contribution in [3.63, 3.8) is 0 Å². The number of likely N-dealkylation sites (tertiary alicyclic amines) is 1. The van der Waals surface area contributed by atoms with E-state index in [1.54, 1.807) is 0 Å². The van der Waals surface area contributed by atoms with Crippen LogP contribution in [0, 0.1) is 0 Å². The highest BCUT2D eigenvalue weighted by atomic mass is 16.5. The lowest BCUT2D eigenvalue weighted by Crippen LogP contribution is -2.49. The summed E-state index contributed by atoms with van der Waals surface area (Å²) < 4.78 is 5.97. The fraction of sp³-hybridized carbons (Fsp3) is 0.350. The first-order valence-electron chi connectivity index (χ1n) is 8.52. The Labute approximate surface area is 143 Å². The Kier molecular flexibility index (Phi) is 5.49. The minimum absolute atomic E-state index is 0.0389. The molecule has 2 aromatic rings. The molecule has 0 radical (unpaired) electrons. The number of carbonyl (C=O) groups is 1. The zero-order chi connectivity index (χ0) is 16.8. The van der Waals surface area contributed by atoms with Crippen LogP contribution in [0.2, 0.25) is 0 Å². The Morgan fingerprint density at radius 2 is 1.62 bits per heavy atom. The molecule has 1 aliphatic heterocycles. The molecule has 1 atom stereocenters. The van der Waals surface area contributed by atoms with Crippen LogP contribution in [0.15, 0.2) is 60.7 Å². The van der Waals surface area contributed by atoms with Gasteiger partial charge in [0.2, 0.25) is 5.91 Å². The summed E-state index contributed by atoms with van der Waals surface area (Å²) in [5, 5.41) is 0. The van der Waals surface area contributed by atoms with Crippen LogP contribution in [0.1, 0.15) is 18.4 Å². The number of rotatable bonds is 5. The summed E-state index contributed by atoms with van der Waals surface area (Å²) >= 11 is 0. The molecule has 0 bridgehead atoms. The summed E-state index contributed by atoms with van der Waals surface area (Å²) in [7, 11) is 0. The first kappa shape index (κ1) is 16.5. The molecule has 4 heteroatoms. The maximum absolute atomic E-state index is 12.5. The summed E-state index contributed by atoms with van der Waals surface area (Å²) in [6, 6.07) is 19.3. The summed E-state index contributed by atoms with van der Waals surface area (Å²) in [6.45, 7) is 1.41. The van der Waals surface area contributed by atoms with E-state index in [1.807, 2.05) is 65.6 Å². The highest BCUT2D eigenvalue weighted by Gasteiger charge is 2.27. The van der Waals surface area contributed by atoms with Crippen LogP contribution in [0.4, 0.5) is 0 Å². The van der Waals surface area contributed by atoms with Gasteiger partial charge >= 0.3 is 0 Å². The maximum atomic E-state index is 12.5. The number of piperidine rings is 1. The molecule has 1 saturated heterocycles. The van der Waals surface area contributed by atoms with E-state index in [0.29, 0.717) is 19.5 Å². The highest BCUT2D eigenvalue weighted by Crippen LogP contribution is 2.19. The zero-order valence-corrected chi connectivity index (χ0v) is 13.8. The van der Waals surface area contributed by atoms with Gasteiger partial charge in [-0.1, -0.05) is 48.5 Å². The zero-order valence-electron chi connectivity index (χ0n) is 13.8. The van der Waals surface area contributed by atoms with Gasteiger partial charge in [0.05, 0.1) is 6.04 Å². The summed E-state index contributed by atoms with van der Waals surface area (Å²) in [6.07, 6.45) is 2.44. The van der Waals surface area contributed by atoms with Crippen molar-refractivity contribution in [3.8, 4) is 5.75 Å². The van der Waals surface area contributed by atoms with Crippen molar-refractivity contribution in [3.05, 3.63) is 66.2 Å². The predicted molar refractivity (Wildman–Crippen MR) is 94.8 cm³/mol. The molecular weight excluding hydrogens is 300 g/mol. The van der Waals surface area contributed by atoms with Crippen molar-refractivity contribution < 1.29 is 9.53 Å². The number of para-hydroxylation sites is 1. The lowest BCUT2D eigenvalue weighted by molar-refractivity contribution is -0.134. The smallest absolute Gasteiger partial charge is 0.239 e. The van der Waals surface area contributed by atoms with E-state index in [0.717, 1.165) is 24.2 Å². The number of nitrogens with two attached hydrogens (primary N) is 1. The molecular formula is C20H24N2O2. The Balaban J connectivity index is 1.48. The molecule has 0 aliphatic carbocycles. The molecule has 4 nitrogen and oxygen atoms in total. The van der Waals surface area contributed by atoms with Crippen molar-refractivity contribution in [2.45, 2.75) is 31.4 Å². The standard InChI is InChI=1S/C20H24N2O2/c21-19(15-16-7-3-1-4-8-16)20(23)22-13-11-18(12-14-22)24-17-9-5-2-6-10-17/h1-10,18-19H,11-15,21H2/t19-/m0/s1. The van der Waals surface area contributed by atoms with Gasteiger partial charge in [-0.3, -0.25) is 4.79 Å². The third kappa shape index (κ3) is 4.36. The van der Waals surface area contributed by atoms with E-state index in [9.17, 15) is 4.79 Å². The summed E-state index contributed by atoms with van der Waals surface area (Å²) in [4.78, 5) is 14.4. The molecule has 0 aromatic heterocycles. The Bertz CT molecular complexity index is 637. The van der Waals surface area contributed by atoms with Crippen molar-refractivity contribution in [2.75, 3.05) is 13.1 Å². The van der Waals surface area contributed by atoms with E-state index >= 15 is 0 Å². The van der Waals surface area contributed by atoms with E-state index in [1.165, 1.54) is 0 Å². The molecule has 24 heavy (non-hydrogen) atoms. The number of hydrogen-bond donors (Lipinski definition) is 1. The second-order valence-corrected chi connectivity index (χ2v) is 6.25. The Morgan fingerprint density at radius 3 is 2.25 bits per heavy atom. The van der Waals surface area contributed by atoms with Crippen LogP contribution in [0.25, 0.3) is 0 Å². The largest absolute Gasteiger partial charge is 0.490 e. The van der Waals surface area contributed by atoms with Gasteiger partial charge in [-0.2, -0.15) is 0 Å². The first-order valence-corrected chi connectivity index (χ1v) is 8.52. The van der Waals surface area contributed by atoms with Gasteiger partial charge in [0.25, 0.3) is 0 Å². The van der Waals surface area contributed by atoms with Gasteiger partial charge in [-0.15, -0.1) is 0 Å². The molecule has 2 aromatic carbocycles. The summed E-state index contributed by atoms with van der Waals surface area (Å²) in [5.74, 6) is 0.931. The second kappa shape index (κ2) is 7.97. The fourth-order valence-electron chi connectivity index (χ4n) is 3.08. The van der Waals surface area contributed by atoms with Crippen LogP contribution in [-0.4, -0.2) is 36.0 Å². The molecule has 1 amide bonds. The molecule has 1 aliphatic rings. The Morgan fingerprint density at radius 1 is 1.04 bits per heavy atom. The topological polar surface area (TPSA) is 55.6 Å². The van der Waals surface area contributed by atoms with Crippen LogP contribution in [-0.2, 0) is 11.2 Å². The minimum atomic E-state index is -0.473. The van der Waals surface area contributed by atoms with E-state index < -0.39 is 6.04 Å². The van der Waals surface area contributed by atoms with Gasteiger partial charge in [0.15, 0.2) is 0 Å². The van der Waals surface area contributed by atoms with Crippen LogP contribution in [0.3, 0.4) is 0 Å². The van der Waals surface area contributed by atoms with Crippen molar-refractivity contribution >= 4 is 5.91 Å². The van der Waals surface area contributed by atoms with Crippen LogP contribution >= 0.6 is 0 Å².